The topological polar surface area (TPSA) is 72.7 Å². The van der Waals surface area contributed by atoms with Crippen LogP contribution in [0.1, 0.15) is 25.8 Å². The van der Waals surface area contributed by atoms with E-state index in [2.05, 4.69) is 20.4 Å². The van der Waals surface area contributed by atoms with E-state index < -0.39 is 0 Å². The molecule has 104 valence electrons. The van der Waals surface area contributed by atoms with Crippen molar-refractivity contribution in [3.8, 4) is 5.82 Å². The molecular formula is C14H17N5O. The summed E-state index contributed by atoms with van der Waals surface area (Å²) in [5, 5.41) is 6.86. The van der Waals surface area contributed by atoms with E-state index in [1.54, 1.807) is 17.2 Å². The lowest BCUT2D eigenvalue weighted by Gasteiger charge is -2.06. The summed E-state index contributed by atoms with van der Waals surface area (Å²) in [6.45, 7) is 4.27. The van der Waals surface area contributed by atoms with Crippen molar-refractivity contribution in [3.63, 3.8) is 0 Å². The van der Waals surface area contributed by atoms with E-state index in [0.717, 1.165) is 17.6 Å². The third-order valence-electron chi connectivity index (χ3n) is 2.78. The summed E-state index contributed by atoms with van der Waals surface area (Å²) < 4.78 is 1.58. The van der Waals surface area contributed by atoms with Gasteiger partial charge in [-0.15, -0.1) is 0 Å². The molecule has 1 N–H and O–H groups in total. The molecule has 0 spiro atoms. The zero-order chi connectivity index (χ0) is 14.4. The van der Waals surface area contributed by atoms with Crippen molar-refractivity contribution in [1.29, 1.82) is 0 Å². The van der Waals surface area contributed by atoms with E-state index in [1.165, 1.54) is 6.33 Å². The molecule has 0 bridgehead atoms. The van der Waals surface area contributed by atoms with Crippen LogP contribution in [-0.4, -0.2) is 25.7 Å². The number of nitrogens with one attached hydrogen (secondary N) is 1. The van der Waals surface area contributed by atoms with Crippen LogP contribution in [0.4, 0.5) is 0 Å². The number of aromatic nitrogens is 4. The number of nitrogens with zero attached hydrogens (tertiary/aromatic N) is 4. The van der Waals surface area contributed by atoms with Crippen molar-refractivity contribution >= 4 is 5.91 Å². The number of amides is 1. The van der Waals surface area contributed by atoms with Gasteiger partial charge >= 0.3 is 0 Å². The molecule has 0 aliphatic heterocycles. The number of hydrogen-bond donors (Lipinski definition) is 1. The lowest BCUT2D eigenvalue weighted by atomic mass is 10.2. The van der Waals surface area contributed by atoms with Gasteiger partial charge in [0.1, 0.15) is 12.7 Å². The fourth-order valence-electron chi connectivity index (χ4n) is 1.70. The van der Waals surface area contributed by atoms with Gasteiger partial charge in [0.2, 0.25) is 5.91 Å². The first kappa shape index (κ1) is 13.9. The van der Waals surface area contributed by atoms with Gasteiger partial charge in [-0.2, -0.15) is 5.10 Å². The predicted molar refractivity (Wildman–Crippen MR) is 75.0 cm³/mol. The predicted octanol–water partition coefficient (Wildman–Crippen LogP) is 1.63. The Morgan fingerprint density at radius 1 is 1.45 bits per heavy atom. The maximum absolute atomic E-state index is 11.7. The Hall–Kier alpha value is -2.50. The molecule has 0 saturated carbocycles. The van der Waals surface area contributed by atoms with Crippen LogP contribution in [0, 0.1) is 0 Å². The molecule has 0 unspecified atom stereocenters. The zero-order valence-corrected chi connectivity index (χ0v) is 11.6. The van der Waals surface area contributed by atoms with Crippen molar-refractivity contribution in [2.45, 2.75) is 26.8 Å². The summed E-state index contributed by atoms with van der Waals surface area (Å²) in [6.07, 6.45) is 7.52. The fraction of sp³-hybridized carbons (Fsp3) is 0.286. The molecule has 1 amide bonds. The number of allylic oxidation sites excluding steroid dienone is 1. The molecule has 6 heteroatoms. The summed E-state index contributed by atoms with van der Waals surface area (Å²) >= 11 is 0. The number of hydrogen-bond acceptors (Lipinski definition) is 4. The molecule has 2 rings (SSSR count). The lowest BCUT2D eigenvalue weighted by molar-refractivity contribution is -0.117. The molecule has 0 radical (unpaired) electrons. The first-order valence-corrected chi connectivity index (χ1v) is 6.45. The monoisotopic (exact) mass is 271 g/mol. The van der Waals surface area contributed by atoms with Crippen molar-refractivity contribution in [2.24, 2.45) is 0 Å². The Morgan fingerprint density at radius 2 is 2.30 bits per heavy atom. The van der Waals surface area contributed by atoms with Crippen molar-refractivity contribution in [2.75, 3.05) is 0 Å². The second-order valence-corrected chi connectivity index (χ2v) is 4.34. The van der Waals surface area contributed by atoms with Crippen LogP contribution in [0.2, 0.25) is 0 Å². The van der Waals surface area contributed by atoms with Crippen molar-refractivity contribution < 1.29 is 4.79 Å². The quantitative estimate of drug-likeness (QED) is 0.839. The maximum Gasteiger partial charge on any atom is 0.246 e. The van der Waals surface area contributed by atoms with Gasteiger partial charge < -0.3 is 5.32 Å². The molecule has 6 nitrogen and oxygen atoms in total. The SMILES string of the molecule is CCC=C(C)C(=O)NCc1ccc(-n2cncn2)nc1. The highest BCUT2D eigenvalue weighted by Gasteiger charge is 2.04. The van der Waals surface area contributed by atoms with Gasteiger partial charge in [0.05, 0.1) is 0 Å². The molecule has 0 aromatic carbocycles. The van der Waals surface area contributed by atoms with Crippen LogP contribution in [0.5, 0.6) is 0 Å². The second-order valence-electron chi connectivity index (χ2n) is 4.34. The smallest absolute Gasteiger partial charge is 0.246 e. The first-order valence-electron chi connectivity index (χ1n) is 6.45. The minimum Gasteiger partial charge on any atom is -0.348 e. The highest BCUT2D eigenvalue weighted by Crippen LogP contribution is 2.04. The van der Waals surface area contributed by atoms with Gasteiger partial charge in [-0.25, -0.2) is 14.6 Å². The molecule has 0 atom stereocenters. The Balaban J connectivity index is 1.95. The van der Waals surface area contributed by atoms with Crippen LogP contribution in [-0.2, 0) is 11.3 Å². The Morgan fingerprint density at radius 3 is 2.90 bits per heavy atom. The molecular weight excluding hydrogens is 254 g/mol. The number of carbonyl (C=O) groups excluding carboxylic acids is 1. The van der Waals surface area contributed by atoms with Crippen LogP contribution in [0.15, 0.2) is 42.6 Å². The highest BCUT2D eigenvalue weighted by molar-refractivity contribution is 5.92. The fourth-order valence-corrected chi connectivity index (χ4v) is 1.70. The van der Waals surface area contributed by atoms with Gasteiger partial charge in [0.15, 0.2) is 5.82 Å². The molecule has 0 aliphatic carbocycles. The lowest BCUT2D eigenvalue weighted by Crippen LogP contribution is -2.23. The van der Waals surface area contributed by atoms with Gasteiger partial charge in [-0.1, -0.05) is 19.1 Å². The van der Waals surface area contributed by atoms with Crippen molar-refractivity contribution in [1.82, 2.24) is 25.1 Å². The summed E-state index contributed by atoms with van der Waals surface area (Å²) in [7, 11) is 0. The van der Waals surface area contributed by atoms with E-state index in [9.17, 15) is 4.79 Å². The summed E-state index contributed by atoms with van der Waals surface area (Å²) in [5.41, 5.74) is 1.67. The summed E-state index contributed by atoms with van der Waals surface area (Å²) in [4.78, 5) is 19.9. The first-order chi connectivity index (χ1) is 9.70. The largest absolute Gasteiger partial charge is 0.348 e. The Kier molecular flexibility index (Phi) is 4.60. The Bertz CT molecular complexity index is 587. The van der Waals surface area contributed by atoms with Gasteiger partial charge in [-0.3, -0.25) is 4.79 Å². The zero-order valence-electron chi connectivity index (χ0n) is 11.6. The average Bonchev–Trinajstić information content (AvgIpc) is 2.99. The van der Waals surface area contributed by atoms with E-state index >= 15 is 0 Å². The third-order valence-corrected chi connectivity index (χ3v) is 2.78. The van der Waals surface area contributed by atoms with Crippen molar-refractivity contribution in [3.05, 3.63) is 48.2 Å². The average molecular weight is 271 g/mol. The van der Waals surface area contributed by atoms with E-state index in [4.69, 9.17) is 0 Å². The minimum absolute atomic E-state index is 0.0489. The molecule has 0 aliphatic rings. The normalized spacial score (nSPS) is 11.4. The number of pyridine rings is 1. The van der Waals surface area contributed by atoms with Crippen LogP contribution in [0.3, 0.4) is 0 Å². The van der Waals surface area contributed by atoms with Crippen LogP contribution >= 0.6 is 0 Å². The van der Waals surface area contributed by atoms with E-state index in [0.29, 0.717) is 12.4 Å². The van der Waals surface area contributed by atoms with Gasteiger partial charge in [0.25, 0.3) is 0 Å². The summed E-state index contributed by atoms with van der Waals surface area (Å²) in [5.74, 6) is 0.645. The van der Waals surface area contributed by atoms with Gasteiger partial charge in [-0.05, 0) is 25.0 Å². The Labute approximate surface area is 117 Å². The molecule has 2 aromatic rings. The second kappa shape index (κ2) is 6.60. The number of rotatable bonds is 5. The van der Waals surface area contributed by atoms with Gasteiger partial charge in [0, 0.05) is 18.3 Å². The molecule has 0 fully saturated rings. The molecule has 20 heavy (non-hydrogen) atoms. The highest BCUT2D eigenvalue weighted by atomic mass is 16.1. The van der Waals surface area contributed by atoms with Crippen LogP contribution in [0.25, 0.3) is 5.82 Å². The van der Waals surface area contributed by atoms with E-state index in [-0.39, 0.29) is 5.91 Å². The molecule has 2 aromatic heterocycles. The van der Waals surface area contributed by atoms with Crippen LogP contribution < -0.4 is 5.32 Å². The summed E-state index contributed by atoms with van der Waals surface area (Å²) in [6, 6.07) is 3.74. The van der Waals surface area contributed by atoms with E-state index in [1.807, 2.05) is 32.1 Å². The maximum atomic E-state index is 11.7. The third kappa shape index (κ3) is 3.50. The molecule has 0 saturated heterocycles. The molecule has 2 heterocycles. The standard InChI is InChI=1S/C14H17N5O/c1-3-4-11(2)14(20)17-8-12-5-6-13(16-7-12)19-10-15-9-18-19/h4-7,9-10H,3,8H2,1-2H3,(H,17,20). The minimum atomic E-state index is -0.0489. The number of carbonyl (C=O) groups is 1.